The molecule has 0 amide bonds. The first-order valence-corrected chi connectivity index (χ1v) is 8.13. The van der Waals surface area contributed by atoms with Gasteiger partial charge in [0, 0.05) is 18.5 Å². The van der Waals surface area contributed by atoms with E-state index in [-0.39, 0.29) is 5.56 Å². The van der Waals surface area contributed by atoms with Crippen LogP contribution in [0.4, 0.5) is 19.0 Å². The first kappa shape index (κ1) is 18.0. The van der Waals surface area contributed by atoms with Crippen LogP contribution in [0.15, 0.2) is 48.8 Å². The Morgan fingerprint density at radius 2 is 1.85 bits per heavy atom. The lowest BCUT2D eigenvalue weighted by molar-refractivity contribution is -0.137. The number of halogens is 4. The molecule has 0 saturated carbocycles. The fourth-order valence-electron chi connectivity index (χ4n) is 2.44. The number of alkyl halides is 3. The first-order chi connectivity index (χ1) is 12.5. The minimum Gasteiger partial charge on any atom is -0.368 e. The first-order valence-electron chi connectivity index (χ1n) is 7.75. The van der Waals surface area contributed by atoms with Crippen molar-refractivity contribution in [1.82, 2.24) is 9.97 Å². The maximum atomic E-state index is 12.9. The van der Waals surface area contributed by atoms with Gasteiger partial charge in [-0.25, -0.2) is 9.97 Å². The van der Waals surface area contributed by atoms with Crippen LogP contribution >= 0.6 is 11.6 Å². The summed E-state index contributed by atoms with van der Waals surface area (Å²) in [5.74, 6) is 5.91. The second-order valence-corrected chi connectivity index (χ2v) is 5.79. The van der Waals surface area contributed by atoms with Crippen molar-refractivity contribution in [2.45, 2.75) is 12.6 Å². The van der Waals surface area contributed by atoms with Crippen molar-refractivity contribution in [1.29, 1.82) is 0 Å². The van der Waals surface area contributed by atoms with E-state index in [2.05, 4.69) is 27.1 Å². The number of hydrogen-bond acceptors (Lipinski definition) is 3. The molecule has 2 aromatic carbocycles. The number of nitrogens with one attached hydrogen (secondary N) is 1. The van der Waals surface area contributed by atoms with Crippen molar-refractivity contribution in [2.24, 2.45) is 0 Å². The summed E-state index contributed by atoms with van der Waals surface area (Å²) < 4.78 is 38.8. The van der Waals surface area contributed by atoms with Gasteiger partial charge in [0.15, 0.2) is 0 Å². The quantitative estimate of drug-likeness (QED) is 0.508. The Bertz CT molecular complexity index is 985. The molecule has 1 N–H and O–H groups in total. The lowest BCUT2D eigenvalue weighted by Crippen LogP contribution is -2.07. The minimum atomic E-state index is -4.42. The average Bonchev–Trinajstić information content (AvgIpc) is 2.61. The van der Waals surface area contributed by atoms with Gasteiger partial charge in [0.2, 0.25) is 0 Å². The second-order valence-electron chi connectivity index (χ2n) is 5.38. The van der Waals surface area contributed by atoms with Gasteiger partial charge >= 0.3 is 6.18 Å². The molecule has 1 aromatic heterocycles. The summed E-state index contributed by atoms with van der Waals surface area (Å²) in [5.41, 5.74) is -0.0512. The van der Waals surface area contributed by atoms with E-state index in [4.69, 9.17) is 11.6 Å². The standard InChI is InChI=1S/C19H13ClF3N3/c20-15-9-5-10-16-17(15)18(26-12-25-16)24-11-4-3-7-13-6-1-2-8-14(13)19(21,22)23/h1-2,5-6,8-10,12H,4,11H2,(H,24,25,26). The molecule has 3 aromatic rings. The van der Waals surface area contributed by atoms with Gasteiger partial charge in [-0.3, -0.25) is 0 Å². The zero-order valence-corrected chi connectivity index (χ0v) is 14.2. The van der Waals surface area contributed by atoms with Gasteiger partial charge in [-0.2, -0.15) is 13.2 Å². The van der Waals surface area contributed by atoms with Crippen molar-refractivity contribution in [2.75, 3.05) is 11.9 Å². The van der Waals surface area contributed by atoms with E-state index in [0.717, 1.165) is 6.07 Å². The molecular formula is C19H13ClF3N3. The van der Waals surface area contributed by atoms with E-state index >= 15 is 0 Å². The molecule has 0 saturated heterocycles. The number of hydrogen-bond donors (Lipinski definition) is 1. The molecule has 3 rings (SSSR count). The van der Waals surface area contributed by atoms with Crippen molar-refractivity contribution >= 4 is 28.3 Å². The number of aromatic nitrogens is 2. The normalized spacial score (nSPS) is 11.1. The molecule has 0 bridgehead atoms. The molecule has 0 aliphatic heterocycles. The van der Waals surface area contributed by atoms with E-state index in [9.17, 15) is 13.2 Å². The van der Waals surface area contributed by atoms with E-state index in [1.165, 1.54) is 24.5 Å². The van der Waals surface area contributed by atoms with E-state index in [1.54, 1.807) is 12.1 Å². The van der Waals surface area contributed by atoms with Gasteiger partial charge in [-0.05, 0) is 24.3 Å². The summed E-state index contributed by atoms with van der Waals surface area (Å²) in [6.45, 7) is 0.415. The van der Waals surface area contributed by atoms with Gasteiger partial charge in [0.05, 0.1) is 21.5 Å². The summed E-state index contributed by atoms with van der Waals surface area (Å²) >= 11 is 6.19. The SMILES string of the molecule is FC(F)(F)c1ccccc1C#CCCNc1ncnc2cccc(Cl)c12. The molecule has 0 atom stereocenters. The predicted octanol–water partition coefficient (Wildman–Crippen LogP) is 5.16. The molecule has 7 heteroatoms. The topological polar surface area (TPSA) is 37.8 Å². The van der Waals surface area contributed by atoms with Crippen LogP contribution < -0.4 is 5.32 Å². The summed E-state index contributed by atoms with van der Waals surface area (Å²) in [7, 11) is 0. The third-order valence-electron chi connectivity index (χ3n) is 3.61. The van der Waals surface area contributed by atoms with Gasteiger partial charge in [0.1, 0.15) is 12.1 Å². The third kappa shape index (κ3) is 4.06. The fraction of sp³-hybridized carbons (Fsp3) is 0.158. The molecule has 0 aliphatic rings. The Balaban J connectivity index is 1.70. The summed E-state index contributed by atoms with van der Waals surface area (Å²) in [5, 5.41) is 4.32. The Morgan fingerprint density at radius 1 is 1.04 bits per heavy atom. The second kappa shape index (κ2) is 7.63. The maximum Gasteiger partial charge on any atom is 0.417 e. The summed E-state index contributed by atoms with van der Waals surface area (Å²) in [6, 6.07) is 10.6. The largest absolute Gasteiger partial charge is 0.417 e. The monoisotopic (exact) mass is 375 g/mol. The van der Waals surface area contributed by atoms with Crippen LogP contribution in [0.25, 0.3) is 10.9 Å². The van der Waals surface area contributed by atoms with Crippen molar-refractivity contribution in [3.8, 4) is 11.8 Å². The highest BCUT2D eigenvalue weighted by Gasteiger charge is 2.32. The highest BCUT2D eigenvalue weighted by Crippen LogP contribution is 2.31. The third-order valence-corrected chi connectivity index (χ3v) is 3.93. The van der Waals surface area contributed by atoms with Gasteiger partial charge < -0.3 is 5.32 Å². The zero-order valence-electron chi connectivity index (χ0n) is 13.4. The molecule has 0 aliphatic carbocycles. The minimum absolute atomic E-state index is 0.0319. The summed E-state index contributed by atoms with van der Waals surface area (Å²) in [4.78, 5) is 8.32. The Kier molecular flexibility index (Phi) is 5.29. The lowest BCUT2D eigenvalue weighted by atomic mass is 10.1. The molecule has 0 unspecified atom stereocenters. The summed E-state index contributed by atoms with van der Waals surface area (Å²) in [6.07, 6.45) is -2.64. The van der Waals surface area contributed by atoms with Crippen LogP contribution in [0.1, 0.15) is 17.5 Å². The number of fused-ring (bicyclic) bond motifs is 1. The molecule has 1 heterocycles. The average molecular weight is 376 g/mol. The van der Waals surface area contributed by atoms with Gasteiger partial charge in [0.25, 0.3) is 0 Å². The molecule has 0 fully saturated rings. The Hall–Kier alpha value is -2.78. The van der Waals surface area contributed by atoms with Crippen LogP contribution in [0.2, 0.25) is 5.02 Å². The van der Waals surface area contributed by atoms with Crippen LogP contribution in [0.5, 0.6) is 0 Å². The van der Waals surface area contributed by atoms with Crippen molar-refractivity contribution < 1.29 is 13.2 Å². The number of benzene rings is 2. The lowest BCUT2D eigenvalue weighted by Gasteiger charge is -2.08. The van der Waals surface area contributed by atoms with Crippen molar-refractivity contribution in [3.63, 3.8) is 0 Å². The molecule has 0 radical (unpaired) electrons. The fourth-order valence-corrected chi connectivity index (χ4v) is 2.70. The molecule has 26 heavy (non-hydrogen) atoms. The maximum absolute atomic E-state index is 12.9. The highest BCUT2D eigenvalue weighted by atomic mass is 35.5. The molecule has 0 spiro atoms. The van der Waals surface area contributed by atoms with E-state index < -0.39 is 11.7 Å². The van der Waals surface area contributed by atoms with Gasteiger partial charge in [-0.1, -0.05) is 41.6 Å². The van der Waals surface area contributed by atoms with Crippen LogP contribution in [0, 0.1) is 11.8 Å². The smallest absolute Gasteiger partial charge is 0.368 e. The number of nitrogens with zero attached hydrogens (tertiary/aromatic N) is 2. The van der Waals surface area contributed by atoms with Gasteiger partial charge in [-0.15, -0.1) is 0 Å². The zero-order chi connectivity index (χ0) is 18.6. The van der Waals surface area contributed by atoms with Crippen molar-refractivity contribution in [3.05, 3.63) is 64.9 Å². The molecular weight excluding hydrogens is 363 g/mol. The number of rotatable bonds is 3. The van der Waals surface area contributed by atoms with Crippen LogP contribution in [-0.2, 0) is 6.18 Å². The molecule has 132 valence electrons. The predicted molar refractivity (Wildman–Crippen MR) is 96.0 cm³/mol. The van der Waals surface area contributed by atoms with E-state index in [0.29, 0.717) is 34.7 Å². The number of anilines is 1. The van der Waals surface area contributed by atoms with Crippen LogP contribution in [-0.4, -0.2) is 16.5 Å². The highest BCUT2D eigenvalue weighted by molar-refractivity contribution is 6.36. The Morgan fingerprint density at radius 3 is 2.65 bits per heavy atom. The van der Waals surface area contributed by atoms with E-state index in [1.807, 2.05) is 6.07 Å². The Labute approximate surface area is 153 Å². The van der Waals surface area contributed by atoms with Crippen LogP contribution in [0.3, 0.4) is 0 Å². The molecule has 3 nitrogen and oxygen atoms in total.